The number of nitrogens with zero attached hydrogens (tertiary/aromatic N) is 1. The molecule has 2 aliphatic rings. The van der Waals surface area contributed by atoms with Crippen molar-refractivity contribution in [3.63, 3.8) is 0 Å². The predicted octanol–water partition coefficient (Wildman–Crippen LogP) is 4.50. The predicted molar refractivity (Wildman–Crippen MR) is 165 cm³/mol. The van der Waals surface area contributed by atoms with Crippen molar-refractivity contribution in [3.05, 3.63) is 35.9 Å². The Morgan fingerprint density at radius 2 is 1.80 bits per heavy atom. The second kappa shape index (κ2) is 17.2. The van der Waals surface area contributed by atoms with Gasteiger partial charge < -0.3 is 33.7 Å². The summed E-state index contributed by atoms with van der Waals surface area (Å²) in [6.45, 7) is 9.22. The van der Waals surface area contributed by atoms with Crippen molar-refractivity contribution in [2.75, 3.05) is 45.2 Å². The van der Waals surface area contributed by atoms with Gasteiger partial charge in [-0.2, -0.15) is 0 Å². The quantitative estimate of drug-likeness (QED) is 0.0873. The lowest BCUT2D eigenvalue weighted by molar-refractivity contribution is -0.156. The molecule has 3 atom stereocenters. The van der Waals surface area contributed by atoms with E-state index in [9.17, 15) is 19.2 Å². The van der Waals surface area contributed by atoms with E-state index in [-0.39, 0.29) is 45.2 Å². The van der Waals surface area contributed by atoms with Crippen molar-refractivity contribution >= 4 is 37.7 Å². The average Bonchev–Trinajstić information content (AvgIpc) is 2.95. The number of nitrogens with one attached hydrogen (secondary N) is 1. The molecule has 0 unspecified atom stereocenters. The van der Waals surface area contributed by atoms with E-state index in [0.29, 0.717) is 43.1 Å². The molecule has 0 aliphatic carbocycles. The summed E-state index contributed by atoms with van der Waals surface area (Å²) in [4.78, 5) is 54.3. The highest BCUT2D eigenvalue weighted by molar-refractivity contribution is 6.76. The third kappa shape index (κ3) is 10.6. The highest BCUT2D eigenvalue weighted by Gasteiger charge is 2.48. The molecule has 3 rings (SSSR count). The molecular weight excluding hydrogens is 588 g/mol. The van der Waals surface area contributed by atoms with E-state index < -0.39 is 44.3 Å². The molecule has 1 aromatic rings. The van der Waals surface area contributed by atoms with Gasteiger partial charge in [0, 0.05) is 33.6 Å². The van der Waals surface area contributed by atoms with Crippen molar-refractivity contribution < 1.29 is 47.6 Å². The topological polar surface area (TPSA) is 139 Å². The van der Waals surface area contributed by atoms with Crippen LogP contribution in [0.5, 0.6) is 5.75 Å². The number of benzene rings is 1. The van der Waals surface area contributed by atoms with Gasteiger partial charge in [0.15, 0.2) is 6.79 Å². The van der Waals surface area contributed by atoms with E-state index in [1.54, 1.807) is 32.2 Å². The van der Waals surface area contributed by atoms with Crippen LogP contribution in [-0.4, -0.2) is 84.5 Å². The number of amides is 2. The van der Waals surface area contributed by atoms with Crippen LogP contribution in [0.4, 0.5) is 10.5 Å². The maximum atomic E-state index is 13.8. The first-order valence-corrected chi connectivity index (χ1v) is 18.8. The van der Waals surface area contributed by atoms with Crippen LogP contribution in [0.15, 0.2) is 30.4 Å². The molecule has 0 bridgehead atoms. The number of allylic oxidation sites excluding steroid dienone is 2. The second-order valence-electron chi connectivity index (χ2n) is 11.8. The smallest absolute Gasteiger partial charge is 0.414 e. The van der Waals surface area contributed by atoms with Gasteiger partial charge in [-0.25, -0.2) is 4.79 Å². The lowest BCUT2D eigenvalue weighted by Crippen LogP contribution is -2.58. The summed E-state index contributed by atoms with van der Waals surface area (Å²) in [5.74, 6) is -0.972. The third-order valence-corrected chi connectivity index (χ3v) is 8.84. The number of hydrogen-bond donors (Lipinski definition) is 1. The van der Waals surface area contributed by atoms with Crippen LogP contribution >= 0.6 is 0 Å². The summed E-state index contributed by atoms with van der Waals surface area (Å²) in [5.41, 5.74) is 0.870. The van der Waals surface area contributed by atoms with Crippen molar-refractivity contribution in [3.8, 4) is 5.75 Å². The van der Waals surface area contributed by atoms with Gasteiger partial charge in [-0.05, 0) is 44.0 Å². The zero-order valence-corrected chi connectivity index (χ0v) is 27.4. The number of carbonyl (C=O) groups is 4. The Morgan fingerprint density at radius 3 is 2.50 bits per heavy atom. The summed E-state index contributed by atoms with van der Waals surface area (Å²) >= 11 is 0. The van der Waals surface area contributed by atoms with Crippen LogP contribution in [0.3, 0.4) is 0 Å². The van der Waals surface area contributed by atoms with E-state index in [1.165, 1.54) is 4.90 Å². The Hall–Kier alpha value is -3.42. The average molecular weight is 635 g/mol. The first-order chi connectivity index (χ1) is 21.0. The largest absolute Gasteiger partial charge is 0.468 e. The Labute approximate surface area is 260 Å². The van der Waals surface area contributed by atoms with Crippen LogP contribution in [0.25, 0.3) is 0 Å². The number of hydrogen-bond acceptors (Lipinski definition) is 10. The maximum Gasteiger partial charge on any atom is 0.414 e. The van der Waals surface area contributed by atoms with Crippen molar-refractivity contribution in [2.45, 2.75) is 82.9 Å². The summed E-state index contributed by atoms with van der Waals surface area (Å²) in [6, 6.07) is 3.83. The van der Waals surface area contributed by atoms with Crippen molar-refractivity contribution in [1.82, 2.24) is 5.32 Å². The molecule has 1 aromatic carbocycles. The third-order valence-electron chi connectivity index (χ3n) is 7.13. The highest BCUT2D eigenvalue weighted by atomic mass is 28.3. The van der Waals surface area contributed by atoms with Gasteiger partial charge in [0.25, 0.3) is 0 Å². The zero-order valence-electron chi connectivity index (χ0n) is 26.4. The molecule has 2 amide bonds. The van der Waals surface area contributed by atoms with Crippen LogP contribution in [0, 0.1) is 0 Å². The molecule has 12 nitrogen and oxygen atoms in total. The molecule has 0 saturated carbocycles. The molecule has 244 valence electrons. The molecule has 2 aliphatic heterocycles. The van der Waals surface area contributed by atoms with Gasteiger partial charge in [0.05, 0.1) is 50.6 Å². The first-order valence-electron chi connectivity index (χ1n) is 15.1. The summed E-state index contributed by atoms with van der Waals surface area (Å²) in [7, 11) is 0.0380. The van der Waals surface area contributed by atoms with Gasteiger partial charge in [0.1, 0.15) is 11.9 Å². The fourth-order valence-electron chi connectivity index (χ4n) is 4.89. The van der Waals surface area contributed by atoms with Gasteiger partial charge in [-0.15, -0.1) is 0 Å². The van der Waals surface area contributed by atoms with Gasteiger partial charge in [0.2, 0.25) is 5.91 Å². The minimum absolute atomic E-state index is 0.0577. The number of carbonyl (C=O) groups excluding carboxylic acids is 4. The molecule has 2 heterocycles. The lowest BCUT2D eigenvalue weighted by atomic mass is 9.86. The molecular formula is C31H46N2O10Si. The van der Waals surface area contributed by atoms with Crippen LogP contribution < -0.4 is 15.0 Å². The number of esters is 2. The van der Waals surface area contributed by atoms with E-state index in [1.807, 2.05) is 12.2 Å². The van der Waals surface area contributed by atoms with Crippen molar-refractivity contribution in [1.29, 1.82) is 0 Å². The van der Waals surface area contributed by atoms with Crippen molar-refractivity contribution in [2.24, 2.45) is 0 Å². The molecule has 0 radical (unpaired) electrons. The van der Waals surface area contributed by atoms with E-state index >= 15 is 0 Å². The lowest BCUT2D eigenvalue weighted by Gasteiger charge is -2.45. The Morgan fingerprint density at radius 1 is 1.05 bits per heavy atom. The fraction of sp³-hybridized carbons (Fsp3) is 0.613. The molecule has 1 N–H and O–H groups in total. The maximum absolute atomic E-state index is 13.8. The monoisotopic (exact) mass is 634 g/mol. The Balaban J connectivity index is 2.10. The first kappa shape index (κ1) is 35.1. The fourth-order valence-corrected chi connectivity index (χ4v) is 5.60. The molecule has 13 heteroatoms. The number of methoxy groups -OCH3 is 1. The zero-order chi connectivity index (χ0) is 32.1. The standard InChI is InChI=1S/C31H46N2O10Si/c1-6-40-28(36)20-25-30-29(32-26(34)11-9-7-8-10-12-27(35)43-30)23-19-22(42-21-39-16-15-38-2)13-14-24(23)33(25)31(37)41-17-18-44(3,4)5/h7-8,13-14,19,25,29-30H,6,9-12,15-18,20-21H2,1-5H3,(H,32,34)/b8-7+/t25-,29-,30-/m0/s1. The molecule has 0 fully saturated rings. The van der Waals surface area contributed by atoms with Crippen LogP contribution in [0.1, 0.15) is 50.6 Å². The summed E-state index contributed by atoms with van der Waals surface area (Å²) < 4.78 is 33.2. The minimum atomic E-state index is -1.53. The number of rotatable bonds is 12. The number of anilines is 1. The SMILES string of the molecule is CCOC(=O)C[C@H]1[C@@H]2OC(=O)CC/C=C/CCC(=O)N[C@H]2c2cc(OCOCCOC)ccc2N1C(=O)OCC[Si](C)(C)C. The highest BCUT2D eigenvalue weighted by Crippen LogP contribution is 2.42. The Bertz CT molecular complexity index is 1170. The molecule has 0 spiro atoms. The Kier molecular flexibility index (Phi) is 13.7. The van der Waals surface area contributed by atoms with Crippen LogP contribution in [-0.2, 0) is 38.1 Å². The normalized spacial score (nSPS) is 21.4. The van der Waals surface area contributed by atoms with Crippen LogP contribution in [0.2, 0.25) is 25.7 Å². The molecule has 44 heavy (non-hydrogen) atoms. The number of ether oxygens (including phenoxy) is 6. The second-order valence-corrected chi connectivity index (χ2v) is 17.4. The summed E-state index contributed by atoms with van der Waals surface area (Å²) in [5, 5.41) is 3.00. The summed E-state index contributed by atoms with van der Waals surface area (Å²) in [6.07, 6.45) is 2.82. The van der Waals surface area contributed by atoms with Gasteiger partial charge in [-0.1, -0.05) is 31.8 Å². The van der Waals surface area contributed by atoms with Gasteiger partial charge in [-0.3, -0.25) is 19.3 Å². The van der Waals surface area contributed by atoms with E-state index in [2.05, 4.69) is 25.0 Å². The van der Waals surface area contributed by atoms with E-state index in [0.717, 1.165) is 6.04 Å². The van der Waals surface area contributed by atoms with E-state index in [4.69, 9.17) is 28.4 Å². The van der Waals surface area contributed by atoms with Gasteiger partial charge >= 0.3 is 18.0 Å². The molecule has 0 saturated heterocycles. The minimum Gasteiger partial charge on any atom is -0.468 e. The molecule has 0 aromatic heterocycles. The number of fused-ring (bicyclic) bond motifs is 3.